The van der Waals surface area contributed by atoms with Gasteiger partial charge >= 0.3 is 0 Å². The lowest BCUT2D eigenvalue weighted by atomic mass is 9.72. The van der Waals surface area contributed by atoms with Crippen LogP contribution in [0.25, 0.3) is 0 Å². The Kier molecular flexibility index (Phi) is 4.92. The zero-order valence-electron chi connectivity index (χ0n) is 12.5. The highest BCUT2D eigenvalue weighted by atomic mass is 35.5. The van der Waals surface area contributed by atoms with Gasteiger partial charge in [-0.2, -0.15) is 0 Å². The third kappa shape index (κ3) is 3.52. The van der Waals surface area contributed by atoms with Gasteiger partial charge in [-0.1, -0.05) is 37.9 Å². The molecule has 1 aromatic rings. The standard InChI is InChI=1S/C17H26ClN/c1-11-7-15(10-16(18)8-11)17(19-4)14-6-5-12(2)13(3)9-14/h7-8,10,12-14,17,19H,5-6,9H2,1-4H3. The minimum Gasteiger partial charge on any atom is -0.313 e. The van der Waals surface area contributed by atoms with Gasteiger partial charge in [0.2, 0.25) is 0 Å². The fourth-order valence-corrected chi connectivity index (χ4v) is 3.81. The Balaban J connectivity index is 2.19. The zero-order chi connectivity index (χ0) is 14.0. The van der Waals surface area contributed by atoms with E-state index in [0.717, 1.165) is 22.8 Å². The van der Waals surface area contributed by atoms with Crippen LogP contribution in [0.4, 0.5) is 0 Å². The van der Waals surface area contributed by atoms with Crippen molar-refractivity contribution in [3.8, 4) is 0 Å². The molecule has 1 aliphatic carbocycles. The number of benzene rings is 1. The van der Waals surface area contributed by atoms with Crippen LogP contribution in [0.2, 0.25) is 5.02 Å². The molecule has 4 unspecified atom stereocenters. The van der Waals surface area contributed by atoms with E-state index < -0.39 is 0 Å². The molecule has 1 nitrogen and oxygen atoms in total. The number of aryl methyl sites for hydroxylation is 1. The third-order valence-corrected chi connectivity index (χ3v) is 5.06. The predicted octanol–water partition coefficient (Wildman–Crippen LogP) is 4.98. The summed E-state index contributed by atoms with van der Waals surface area (Å²) in [5.41, 5.74) is 2.60. The van der Waals surface area contributed by atoms with Crippen molar-refractivity contribution in [2.24, 2.45) is 17.8 Å². The van der Waals surface area contributed by atoms with E-state index in [9.17, 15) is 0 Å². The van der Waals surface area contributed by atoms with Crippen LogP contribution in [0.1, 0.15) is 50.3 Å². The molecule has 0 heterocycles. The molecule has 1 aliphatic rings. The highest BCUT2D eigenvalue weighted by molar-refractivity contribution is 6.30. The molecule has 2 rings (SSSR count). The van der Waals surface area contributed by atoms with Gasteiger partial charge in [0.15, 0.2) is 0 Å². The smallest absolute Gasteiger partial charge is 0.0411 e. The number of nitrogens with one attached hydrogen (secondary N) is 1. The quantitative estimate of drug-likeness (QED) is 0.823. The maximum Gasteiger partial charge on any atom is 0.0411 e. The molecule has 0 aliphatic heterocycles. The predicted molar refractivity (Wildman–Crippen MR) is 83.7 cm³/mol. The monoisotopic (exact) mass is 279 g/mol. The zero-order valence-corrected chi connectivity index (χ0v) is 13.3. The first kappa shape index (κ1) is 14.9. The normalized spacial score (nSPS) is 29.2. The molecular formula is C17H26ClN. The Morgan fingerprint density at radius 2 is 1.89 bits per heavy atom. The second-order valence-electron chi connectivity index (χ2n) is 6.36. The van der Waals surface area contributed by atoms with Crippen molar-refractivity contribution in [2.45, 2.75) is 46.1 Å². The highest BCUT2D eigenvalue weighted by Crippen LogP contribution is 2.40. The molecule has 0 aromatic heterocycles. The maximum atomic E-state index is 6.21. The van der Waals surface area contributed by atoms with Crippen LogP contribution in [0.5, 0.6) is 0 Å². The van der Waals surface area contributed by atoms with Crippen molar-refractivity contribution in [1.82, 2.24) is 5.32 Å². The average Bonchev–Trinajstić information content (AvgIpc) is 2.33. The van der Waals surface area contributed by atoms with Crippen molar-refractivity contribution >= 4 is 11.6 Å². The van der Waals surface area contributed by atoms with Crippen LogP contribution in [0.15, 0.2) is 18.2 Å². The Bertz CT molecular complexity index is 409. The van der Waals surface area contributed by atoms with E-state index in [1.165, 1.54) is 30.4 Å². The Labute approximate surface area is 122 Å². The SMILES string of the molecule is CNC(c1cc(C)cc(Cl)c1)C1CCC(C)C(C)C1. The van der Waals surface area contributed by atoms with Gasteiger partial charge in [-0.25, -0.2) is 0 Å². The second kappa shape index (κ2) is 6.28. The van der Waals surface area contributed by atoms with Crippen LogP contribution in [-0.2, 0) is 0 Å². The van der Waals surface area contributed by atoms with Crippen molar-refractivity contribution in [3.05, 3.63) is 34.3 Å². The average molecular weight is 280 g/mol. The van der Waals surface area contributed by atoms with Gasteiger partial charge in [-0.15, -0.1) is 0 Å². The summed E-state index contributed by atoms with van der Waals surface area (Å²) in [5.74, 6) is 2.43. The highest BCUT2D eigenvalue weighted by Gasteiger charge is 2.30. The maximum absolute atomic E-state index is 6.21. The molecule has 1 aromatic carbocycles. The molecule has 0 amide bonds. The Morgan fingerprint density at radius 1 is 1.16 bits per heavy atom. The van der Waals surface area contributed by atoms with Crippen LogP contribution < -0.4 is 5.32 Å². The minimum absolute atomic E-state index is 0.437. The van der Waals surface area contributed by atoms with Crippen molar-refractivity contribution in [3.63, 3.8) is 0 Å². The molecular weight excluding hydrogens is 254 g/mol. The Morgan fingerprint density at radius 3 is 2.47 bits per heavy atom. The summed E-state index contributed by atoms with van der Waals surface area (Å²) in [6, 6.07) is 6.87. The van der Waals surface area contributed by atoms with E-state index in [1.54, 1.807) is 0 Å². The number of halogens is 1. The largest absolute Gasteiger partial charge is 0.313 e. The van der Waals surface area contributed by atoms with E-state index in [1.807, 2.05) is 6.07 Å². The van der Waals surface area contributed by atoms with E-state index in [-0.39, 0.29) is 0 Å². The van der Waals surface area contributed by atoms with Crippen molar-refractivity contribution in [2.75, 3.05) is 7.05 Å². The summed E-state index contributed by atoms with van der Waals surface area (Å²) in [7, 11) is 2.07. The molecule has 106 valence electrons. The van der Waals surface area contributed by atoms with E-state index in [2.05, 4.69) is 45.3 Å². The molecule has 19 heavy (non-hydrogen) atoms. The first-order valence-corrected chi connectivity index (χ1v) is 7.83. The van der Waals surface area contributed by atoms with Crippen LogP contribution in [0, 0.1) is 24.7 Å². The van der Waals surface area contributed by atoms with Gasteiger partial charge in [0, 0.05) is 11.1 Å². The first-order valence-electron chi connectivity index (χ1n) is 7.45. The van der Waals surface area contributed by atoms with Gasteiger partial charge in [0.1, 0.15) is 0 Å². The van der Waals surface area contributed by atoms with Crippen LogP contribution in [0.3, 0.4) is 0 Å². The van der Waals surface area contributed by atoms with E-state index >= 15 is 0 Å². The summed E-state index contributed by atoms with van der Waals surface area (Å²) in [5, 5.41) is 4.37. The van der Waals surface area contributed by atoms with Gasteiger partial charge in [0.05, 0.1) is 0 Å². The summed E-state index contributed by atoms with van der Waals surface area (Å²) in [6.07, 6.45) is 3.99. The number of hydrogen-bond donors (Lipinski definition) is 1. The van der Waals surface area contributed by atoms with Gasteiger partial charge < -0.3 is 5.32 Å². The van der Waals surface area contributed by atoms with Crippen molar-refractivity contribution in [1.29, 1.82) is 0 Å². The van der Waals surface area contributed by atoms with Crippen molar-refractivity contribution < 1.29 is 0 Å². The fourth-order valence-electron chi connectivity index (χ4n) is 3.51. The number of rotatable bonds is 3. The summed E-state index contributed by atoms with van der Waals surface area (Å²) >= 11 is 6.21. The first-order chi connectivity index (χ1) is 9.01. The van der Waals surface area contributed by atoms with E-state index in [4.69, 9.17) is 11.6 Å². The van der Waals surface area contributed by atoms with Crippen LogP contribution >= 0.6 is 11.6 Å². The lowest BCUT2D eigenvalue weighted by molar-refractivity contribution is 0.174. The molecule has 1 N–H and O–H groups in total. The number of hydrogen-bond acceptors (Lipinski definition) is 1. The van der Waals surface area contributed by atoms with Gasteiger partial charge in [0.25, 0.3) is 0 Å². The molecule has 0 bridgehead atoms. The molecule has 4 atom stereocenters. The Hall–Kier alpha value is -0.530. The summed E-state index contributed by atoms with van der Waals surface area (Å²) in [6.45, 7) is 6.90. The van der Waals surface area contributed by atoms with Crippen LogP contribution in [-0.4, -0.2) is 7.05 Å². The lowest BCUT2D eigenvalue weighted by Gasteiger charge is -2.37. The summed E-state index contributed by atoms with van der Waals surface area (Å²) < 4.78 is 0. The van der Waals surface area contributed by atoms with Gasteiger partial charge in [-0.05, 0) is 67.8 Å². The second-order valence-corrected chi connectivity index (χ2v) is 6.79. The lowest BCUT2D eigenvalue weighted by Crippen LogP contribution is -2.31. The third-order valence-electron chi connectivity index (χ3n) is 4.84. The molecule has 0 spiro atoms. The molecule has 1 saturated carbocycles. The minimum atomic E-state index is 0.437. The molecule has 0 saturated heterocycles. The topological polar surface area (TPSA) is 12.0 Å². The van der Waals surface area contributed by atoms with E-state index in [0.29, 0.717) is 6.04 Å². The van der Waals surface area contributed by atoms with Gasteiger partial charge in [-0.3, -0.25) is 0 Å². The molecule has 2 heteroatoms. The molecule has 0 radical (unpaired) electrons. The summed E-state index contributed by atoms with van der Waals surface area (Å²) in [4.78, 5) is 0. The molecule has 1 fully saturated rings. The fraction of sp³-hybridized carbons (Fsp3) is 0.647.